The Morgan fingerprint density at radius 2 is 2.43 bits per heavy atom. The van der Waals surface area contributed by atoms with Crippen molar-refractivity contribution in [3.05, 3.63) is 34.3 Å². The van der Waals surface area contributed by atoms with E-state index in [0.717, 1.165) is 11.3 Å². The maximum absolute atomic E-state index is 10.9. The van der Waals surface area contributed by atoms with Crippen LogP contribution in [-0.4, -0.2) is 15.7 Å². The smallest absolute Gasteiger partial charge is 0.258 e. The molecule has 14 heavy (non-hydrogen) atoms. The number of nitrogens with two attached hydrogens (primary N) is 1. The fourth-order valence-corrected chi connectivity index (χ4v) is 1.86. The summed E-state index contributed by atoms with van der Waals surface area (Å²) in [7, 11) is 0. The van der Waals surface area contributed by atoms with Gasteiger partial charge in [-0.1, -0.05) is 0 Å². The largest absolute Gasteiger partial charge is 0.365 e. The number of aromatic nitrogens is 2. The third-order valence-electron chi connectivity index (χ3n) is 1.80. The van der Waals surface area contributed by atoms with Crippen LogP contribution in [0.1, 0.15) is 15.2 Å². The molecule has 0 radical (unpaired) electrons. The summed E-state index contributed by atoms with van der Waals surface area (Å²) in [6.07, 6.45) is 3.66. The molecule has 2 aromatic heterocycles. The molecule has 0 unspecified atom stereocenters. The van der Waals surface area contributed by atoms with Crippen LogP contribution in [0.2, 0.25) is 0 Å². The van der Waals surface area contributed by atoms with Crippen molar-refractivity contribution in [3.63, 3.8) is 0 Å². The van der Waals surface area contributed by atoms with Crippen LogP contribution >= 0.6 is 11.3 Å². The van der Waals surface area contributed by atoms with E-state index in [0.29, 0.717) is 4.88 Å². The molecular formula is C9H9N3OS. The molecule has 0 saturated carbocycles. The first-order valence-electron chi connectivity index (χ1n) is 4.07. The van der Waals surface area contributed by atoms with E-state index in [4.69, 9.17) is 5.73 Å². The van der Waals surface area contributed by atoms with Crippen molar-refractivity contribution in [2.24, 2.45) is 5.73 Å². The molecule has 2 rings (SSSR count). The SMILES string of the molecule is Cc1cnn(-c2csc(C(N)=O)c2)c1. The lowest BCUT2D eigenvalue weighted by atomic mass is 10.4. The van der Waals surface area contributed by atoms with Gasteiger partial charge < -0.3 is 5.73 Å². The van der Waals surface area contributed by atoms with E-state index >= 15 is 0 Å². The first-order chi connectivity index (χ1) is 6.66. The van der Waals surface area contributed by atoms with Gasteiger partial charge in [0.25, 0.3) is 5.91 Å². The van der Waals surface area contributed by atoms with Gasteiger partial charge in [0.1, 0.15) is 0 Å². The Morgan fingerprint density at radius 3 is 2.93 bits per heavy atom. The number of amides is 1. The Morgan fingerprint density at radius 1 is 1.64 bits per heavy atom. The summed E-state index contributed by atoms with van der Waals surface area (Å²) in [4.78, 5) is 11.4. The molecule has 0 fully saturated rings. The third kappa shape index (κ3) is 1.54. The minimum absolute atomic E-state index is 0.398. The molecule has 2 aromatic rings. The second-order valence-electron chi connectivity index (χ2n) is 3.00. The molecule has 4 nitrogen and oxygen atoms in total. The number of carbonyl (C=O) groups excluding carboxylic acids is 1. The van der Waals surface area contributed by atoms with Gasteiger partial charge in [0.2, 0.25) is 0 Å². The molecule has 2 heterocycles. The number of thiophene rings is 1. The van der Waals surface area contributed by atoms with Gasteiger partial charge in [0, 0.05) is 11.6 Å². The van der Waals surface area contributed by atoms with E-state index in [9.17, 15) is 4.79 Å². The van der Waals surface area contributed by atoms with E-state index in [1.54, 1.807) is 16.9 Å². The Hall–Kier alpha value is -1.62. The van der Waals surface area contributed by atoms with Crippen LogP contribution in [0.4, 0.5) is 0 Å². The third-order valence-corrected chi connectivity index (χ3v) is 2.74. The van der Waals surface area contributed by atoms with Crippen LogP contribution in [-0.2, 0) is 0 Å². The van der Waals surface area contributed by atoms with Crippen molar-refractivity contribution in [2.75, 3.05) is 0 Å². The zero-order valence-corrected chi connectivity index (χ0v) is 8.41. The van der Waals surface area contributed by atoms with Gasteiger partial charge in [0.05, 0.1) is 16.8 Å². The molecule has 0 atom stereocenters. The van der Waals surface area contributed by atoms with Crippen molar-refractivity contribution in [3.8, 4) is 5.69 Å². The first-order valence-corrected chi connectivity index (χ1v) is 4.95. The predicted molar refractivity (Wildman–Crippen MR) is 54.7 cm³/mol. The molecule has 0 saturated heterocycles. The normalized spacial score (nSPS) is 10.4. The van der Waals surface area contributed by atoms with Crippen LogP contribution in [0, 0.1) is 6.92 Å². The average Bonchev–Trinajstić information content (AvgIpc) is 2.70. The number of hydrogen-bond acceptors (Lipinski definition) is 3. The van der Waals surface area contributed by atoms with Gasteiger partial charge in [-0.15, -0.1) is 11.3 Å². The number of primary amides is 1. The summed E-state index contributed by atoms with van der Waals surface area (Å²) in [5.41, 5.74) is 7.10. The predicted octanol–water partition coefficient (Wildman–Crippen LogP) is 1.34. The minimum Gasteiger partial charge on any atom is -0.365 e. The van der Waals surface area contributed by atoms with Crippen molar-refractivity contribution in [1.29, 1.82) is 0 Å². The molecule has 2 N–H and O–H groups in total. The minimum atomic E-state index is -0.398. The van der Waals surface area contributed by atoms with Crippen LogP contribution in [0.15, 0.2) is 23.8 Å². The Labute approximate surface area is 85.0 Å². The van der Waals surface area contributed by atoms with E-state index in [1.165, 1.54) is 11.3 Å². The molecule has 0 spiro atoms. The maximum Gasteiger partial charge on any atom is 0.258 e. The molecular weight excluding hydrogens is 198 g/mol. The summed E-state index contributed by atoms with van der Waals surface area (Å²) in [5.74, 6) is -0.398. The quantitative estimate of drug-likeness (QED) is 0.807. The number of nitrogens with zero attached hydrogens (tertiary/aromatic N) is 2. The van der Waals surface area contributed by atoms with Crippen molar-refractivity contribution < 1.29 is 4.79 Å². The molecule has 0 aliphatic rings. The zero-order chi connectivity index (χ0) is 10.1. The van der Waals surface area contributed by atoms with Crippen molar-refractivity contribution >= 4 is 17.2 Å². The van der Waals surface area contributed by atoms with Gasteiger partial charge in [0.15, 0.2) is 0 Å². The molecule has 0 aliphatic heterocycles. The molecule has 1 amide bonds. The molecule has 0 aliphatic carbocycles. The number of aryl methyl sites for hydroxylation is 1. The van der Waals surface area contributed by atoms with Gasteiger partial charge in [-0.2, -0.15) is 5.10 Å². The maximum atomic E-state index is 10.9. The molecule has 0 bridgehead atoms. The van der Waals surface area contributed by atoms with Crippen molar-refractivity contribution in [2.45, 2.75) is 6.92 Å². The number of rotatable bonds is 2. The highest BCUT2D eigenvalue weighted by Gasteiger charge is 2.06. The lowest BCUT2D eigenvalue weighted by molar-refractivity contribution is 0.100. The van der Waals surface area contributed by atoms with Crippen LogP contribution in [0.25, 0.3) is 5.69 Å². The van der Waals surface area contributed by atoms with Crippen LogP contribution in [0.5, 0.6) is 0 Å². The standard InChI is InChI=1S/C9H9N3OS/c1-6-3-11-12(4-6)7-2-8(9(10)13)14-5-7/h2-5H,1H3,(H2,10,13). The Balaban J connectivity index is 2.38. The van der Waals surface area contributed by atoms with E-state index in [-0.39, 0.29) is 0 Å². The van der Waals surface area contributed by atoms with Gasteiger partial charge >= 0.3 is 0 Å². The van der Waals surface area contributed by atoms with E-state index < -0.39 is 5.91 Å². The lowest BCUT2D eigenvalue weighted by Gasteiger charge is -1.93. The topological polar surface area (TPSA) is 60.9 Å². The average molecular weight is 207 g/mol. The van der Waals surface area contributed by atoms with Crippen LogP contribution in [0.3, 0.4) is 0 Å². The van der Waals surface area contributed by atoms with Crippen molar-refractivity contribution in [1.82, 2.24) is 9.78 Å². The second kappa shape index (κ2) is 3.26. The number of hydrogen-bond donors (Lipinski definition) is 1. The monoisotopic (exact) mass is 207 g/mol. The highest BCUT2D eigenvalue weighted by atomic mass is 32.1. The summed E-state index contributed by atoms with van der Waals surface area (Å²) >= 11 is 1.33. The summed E-state index contributed by atoms with van der Waals surface area (Å²) in [5, 5.41) is 5.98. The van der Waals surface area contributed by atoms with Gasteiger partial charge in [-0.25, -0.2) is 4.68 Å². The van der Waals surface area contributed by atoms with Gasteiger partial charge in [-0.05, 0) is 18.6 Å². The lowest BCUT2D eigenvalue weighted by Crippen LogP contribution is -2.08. The fourth-order valence-electron chi connectivity index (χ4n) is 1.13. The highest BCUT2D eigenvalue weighted by Crippen LogP contribution is 2.17. The Bertz CT molecular complexity index is 472. The molecule has 72 valence electrons. The molecule has 5 heteroatoms. The fraction of sp³-hybridized carbons (Fsp3) is 0.111. The second-order valence-corrected chi connectivity index (χ2v) is 3.91. The van der Waals surface area contributed by atoms with Crippen LogP contribution < -0.4 is 5.73 Å². The van der Waals surface area contributed by atoms with E-state index in [2.05, 4.69) is 5.10 Å². The molecule has 0 aromatic carbocycles. The summed E-state index contributed by atoms with van der Waals surface area (Å²) in [6.45, 7) is 1.96. The summed E-state index contributed by atoms with van der Waals surface area (Å²) in [6, 6.07) is 1.74. The Kier molecular flexibility index (Phi) is 2.09. The first kappa shape index (κ1) is 8.96. The van der Waals surface area contributed by atoms with E-state index in [1.807, 2.05) is 18.5 Å². The van der Waals surface area contributed by atoms with Gasteiger partial charge in [-0.3, -0.25) is 4.79 Å². The highest BCUT2D eigenvalue weighted by molar-refractivity contribution is 7.12. The summed E-state index contributed by atoms with van der Waals surface area (Å²) < 4.78 is 1.72. The zero-order valence-electron chi connectivity index (χ0n) is 7.60. The number of carbonyl (C=O) groups is 1.